The van der Waals surface area contributed by atoms with E-state index < -0.39 is 6.04 Å². The van der Waals surface area contributed by atoms with Crippen LogP contribution in [0.4, 0.5) is 0 Å². The number of carbonyl (C=O) groups is 2. The fourth-order valence-electron chi connectivity index (χ4n) is 2.66. The Morgan fingerprint density at radius 2 is 1.81 bits per heavy atom. The number of ether oxygens (including phenoxy) is 2. The van der Waals surface area contributed by atoms with E-state index in [2.05, 4.69) is 20.6 Å². The number of rotatable bonds is 5. The molecule has 0 radical (unpaired) electrons. The third kappa shape index (κ3) is 3.90. The predicted octanol–water partition coefficient (Wildman–Crippen LogP) is 1.17. The summed E-state index contributed by atoms with van der Waals surface area (Å²) in [6.45, 7) is 0.657. The van der Waals surface area contributed by atoms with Crippen molar-refractivity contribution in [3.8, 4) is 23.1 Å². The van der Waals surface area contributed by atoms with Gasteiger partial charge in [-0.2, -0.15) is 9.97 Å². The molecule has 0 bridgehead atoms. The van der Waals surface area contributed by atoms with Crippen LogP contribution in [-0.2, 0) is 4.79 Å². The Morgan fingerprint density at radius 3 is 2.38 bits per heavy atom. The van der Waals surface area contributed by atoms with Crippen molar-refractivity contribution in [3.05, 3.63) is 35.9 Å². The molecule has 8 nitrogen and oxygen atoms in total. The van der Waals surface area contributed by atoms with Gasteiger partial charge in [0, 0.05) is 17.7 Å². The van der Waals surface area contributed by atoms with Crippen LogP contribution in [0.25, 0.3) is 11.4 Å². The molecule has 0 saturated carbocycles. The maximum absolute atomic E-state index is 12.3. The van der Waals surface area contributed by atoms with Crippen LogP contribution in [0.5, 0.6) is 11.8 Å². The summed E-state index contributed by atoms with van der Waals surface area (Å²) in [5.41, 5.74) is 1.18. The fraction of sp³-hybridized carbons (Fsp3) is 0.333. The van der Waals surface area contributed by atoms with E-state index in [-0.39, 0.29) is 11.8 Å². The number of piperidine rings is 1. The summed E-state index contributed by atoms with van der Waals surface area (Å²) >= 11 is 0. The van der Waals surface area contributed by atoms with Gasteiger partial charge in [-0.15, -0.1) is 0 Å². The molecule has 1 atom stereocenters. The Hall–Kier alpha value is -3.16. The minimum absolute atomic E-state index is 0.141. The number of hydrogen-bond acceptors (Lipinski definition) is 6. The zero-order chi connectivity index (χ0) is 18.5. The molecule has 1 aliphatic rings. The van der Waals surface area contributed by atoms with Crippen molar-refractivity contribution in [2.45, 2.75) is 18.9 Å². The zero-order valence-electron chi connectivity index (χ0n) is 14.6. The number of carbonyl (C=O) groups excluding carboxylic acids is 2. The molecule has 136 valence electrons. The Bertz CT molecular complexity index is 785. The third-order valence-electron chi connectivity index (χ3n) is 4.09. The number of aromatic nitrogens is 2. The lowest BCUT2D eigenvalue weighted by Gasteiger charge is -2.22. The van der Waals surface area contributed by atoms with Gasteiger partial charge in [-0.05, 0) is 25.0 Å². The second-order valence-corrected chi connectivity index (χ2v) is 5.81. The molecule has 0 aliphatic carbocycles. The average molecular weight is 356 g/mol. The van der Waals surface area contributed by atoms with E-state index in [1.807, 2.05) is 0 Å². The van der Waals surface area contributed by atoms with Gasteiger partial charge < -0.3 is 20.1 Å². The summed E-state index contributed by atoms with van der Waals surface area (Å²) < 4.78 is 10.3. The first kappa shape index (κ1) is 17.7. The quantitative estimate of drug-likeness (QED) is 0.834. The number of methoxy groups -OCH3 is 2. The molecule has 3 rings (SSSR count). The molecule has 2 amide bonds. The van der Waals surface area contributed by atoms with Crippen LogP contribution in [-0.4, -0.2) is 48.6 Å². The van der Waals surface area contributed by atoms with Gasteiger partial charge in [0.15, 0.2) is 5.82 Å². The Morgan fingerprint density at radius 1 is 1.15 bits per heavy atom. The number of nitrogens with zero attached hydrogens (tertiary/aromatic N) is 2. The van der Waals surface area contributed by atoms with E-state index >= 15 is 0 Å². The molecule has 1 aromatic heterocycles. The Labute approximate surface area is 150 Å². The zero-order valence-corrected chi connectivity index (χ0v) is 14.6. The van der Waals surface area contributed by atoms with Gasteiger partial charge in [0.2, 0.25) is 17.7 Å². The number of benzene rings is 1. The van der Waals surface area contributed by atoms with Crippen LogP contribution in [0.3, 0.4) is 0 Å². The first-order valence-corrected chi connectivity index (χ1v) is 8.27. The minimum atomic E-state index is -0.484. The second kappa shape index (κ2) is 7.81. The van der Waals surface area contributed by atoms with Crippen LogP contribution in [0, 0.1) is 0 Å². The van der Waals surface area contributed by atoms with Crippen LogP contribution < -0.4 is 20.1 Å². The first-order valence-electron chi connectivity index (χ1n) is 8.27. The monoisotopic (exact) mass is 356 g/mol. The molecule has 1 saturated heterocycles. The van der Waals surface area contributed by atoms with Crippen LogP contribution in [0.1, 0.15) is 23.2 Å². The standard InChI is InChI=1S/C18H20N4O4/c1-25-14-10-15(26-2)22-16(21-14)11-5-7-12(8-6-11)17(23)20-13-4-3-9-19-18(13)24/h5-8,10,13H,3-4,9H2,1-2H3,(H,19,24)(H,20,23)/t13-/m1/s1. The van der Waals surface area contributed by atoms with E-state index in [9.17, 15) is 9.59 Å². The van der Waals surface area contributed by atoms with Crippen molar-refractivity contribution >= 4 is 11.8 Å². The van der Waals surface area contributed by atoms with Crippen molar-refractivity contribution in [2.24, 2.45) is 0 Å². The van der Waals surface area contributed by atoms with Crippen molar-refractivity contribution in [2.75, 3.05) is 20.8 Å². The summed E-state index contributed by atoms with van der Waals surface area (Å²) in [6.07, 6.45) is 1.50. The summed E-state index contributed by atoms with van der Waals surface area (Å²) in [5.74, 6) is 0.773. The average Bonchev–Trinajstić information content (AvgIpc) is 2.69. The van der Waals surface area contributed by atoms with E-state index in [1.165, 1.54) is 14.2 Å². The molecule has 2 N–H and O–H groups in total. The number of amides is 2. The summed E-state index contributed by atoms with van der Waals surface area (Å²) in [5, 5.41) is 5.51. The summed E-state index contributed by atoms with van der Waals surface area (Å²) in [7, 11) is 3.03. The smallest absolute Gasteiger partial charge is 0.251 e. The molecular weight excluding hydrogens is 336 g/mol. The van der Waals surface area contributed by atoms with Gasteiger partial charge in [0.05, 0.1) is 20.3 Å². The molecule has 8 heteroatoms. The topological polar surface area (TPSA) is 102 Å². The largest absolute Gasteiger partial charge is 0.481 e. The number of hydrogen-bond donors (Lipinski definition) is 2. The van der Waals surface area contributed by atoms with Gasteiger partial charge in [-0.3, -0.25) is 9.59 Å². The highest BCUT2D eigenvalue weighted by Crippen LogP contribution is 2.22. The van der Waals surface area contributed by atoms with Crippen molar-refractivity contribution in [3.63, 3.8) is 0 Å². The maximum Gasteiger partial charge on any atom is 0.251 e. The van der Waals surface area contributed by atoms with Crippen molar-refractivity contribution in [1.29, 1.82) is 0 Å². The molecule has 0 unspecified atom stereocenters. The highest BCUT2D eigenvalue weighted by molar-refractivity contribution is 5.98. The maximum atomic E-state index is 12.3. The lowest BCUT2D eigenvalue weighted by molar-refractivity contribution is -0.124. The van der Waals surface area contributed by atoms with E-state index in [0.29, 0.717) is 41.7 Å². The van der Waals surface area contributed by atoms with Crippen LogP contribution in [0.2, 0.25) is 0 Å². The Balaban J connectivity index is 1.76. The highest BCUT2D eigenvalue weighted by Gasteiger charge is 2.24. The van der Waals surface area contributed by atoms with Gasteiger partial charge in [-0.1, -0.05) is 12.1 Å². The molecular formula is C18H20N4O4. The second-order valence-electron chi connectivity index (χ2n) is 5.81. The molecule has 1 fully saturated rings. The third-order valence-corrected chi connectivity index (χ3v) is 4.09. The first-order chi connectivity index (χ1) is 12.6. The van der Waals surface area contributed by atoms with Crippen LogP contribution in [0.15, 0.2) is 30.3 Å². The Kier molecular flexibility index (Phi) is 5.31. The van der Waals surface area contributed by atoms with E-state index in [1.54, 1.807) is 30.3 Å². The minimum Gasteiger partial charge on any atom is -0.481 e. The van der Waals surface area contributed by atoms with Crippen molar-refractivity contribution < 1.29 is 19.1 Å². The molecule has 1 aromatic carbocycles. The molecule has 1 aliphatic heterocycles. The molecule has 2 heterocycles. The molecule has 0 spiro atoms. The summed E-state index contributed by atoms with van der Waals surface area (Å²) in [4.78, 5) is 32.7. The highest BCUT2D eigenvalue weighted by atomic mass is 16.5. The normalized spacial score (nSPS) is 16.5. The van der Waals surface area contributed by atoms with Crippen molar-refractivity contribution in [1.82, 2.24) is 20.6 Å². The lowest BCUT2D eigenvalue weighted by Crippen LogP contribution is -2.50. The predicted molar refractivity (Wildman–Crippen MR) is 94.1 cm³/mol. The SMILES string of the molecule is COc1cc(OC)nc(-c2ccc(C(=O)N[C@@H]3CCCNC3=O)cc2)n1. The van der Waals surface area contributed by atoms with Gasteiger partial charge >= 0.3 is 0 Å². The van der Waals surface area contributed by atoms with E-state index in [4.69, 9.17) is 9.47 Å². The van der Waals surface area contributed by atoms with Gasteiger partial charge in [0.25, 0.3) is 5.91 Å². The molecule has 2 aromatic rings. The molecule has 26 heavy (non-hydrogen) atoms. The van der Waals surface area contributed by atoms with E-state index in [0.717, 1.165) is 6.42 Å². The van der Waals surface area contributed by atoms with Gasteiger partial charge in [0.1, 0.15) is 6.04 Å². The fourth-order valence-corrected chi connectivity index (χ4v) is 2.66. The lowest BCUT2D eigenvalue weighted by atomic mass is 10.1. The number of nitrogens with one attached hydrogen (secondary N) is 2. The summed E-state index contributed by atoms with van der Waals surface area (Å²) in [6, 6.07) is 7.91. The van der Waals surface area contributed by atoms with Gasteiger partial charge in [-0.25, -0.2) is 0 Å². The van der Waals surface area contributed by atoms with Crippen LogP contribution >= 0.6 is 0 Å².